The molecule has 0 aromatic heterocycles. The second-order valence-electron chi connectivity index (χ2n) is 4.34. The van der Waals surface area contributed by atoms with Gasteiger partial charge in [0.1, 0.15) is 5.82 Å². The van der Waals surface area contributed by atoms with Crippen molar-refractivity contribution in [2.75, 3.05) is 20.6 Å². The number of alkyl halides is 3. The van der Waals surface area contributed by atoms with Crippen molar-refractivity contribution in [3.05, 3.63) is 35.1 Å². The highest BCUT2D eigenvalue weighted by molar-refractivity contribution is 5.28. The van der Waals surface area contributed by atoms with Crippen molar-refractivity contribution < 1.29 is 22.7 Å². The Kier molecular flexibility index (Phi) is 4.70. The molecule has 0 amide bonds. The first kappa shape index (κ1) is 14.9. The molecule has 102 valence electrons. The van der Waals surface area contributed by atoms with E-state index in [9.17, 15) is 22.7 Å². The summed E-state index contributed by atoms with van der Waals surface area (Å²) < 4.78 is 50.5. The van der Waals surface area contributed by atoms with Crippen molar-refractivity contribution >= 4 is 0 Å². The molecule has 1 N–H and O–H groups in total. The Morgan fingerprint density at radius 1 is 1.28 bits per heavy atom. The van der Waals surface area contributed by atoms with Crippen molar-refractivity contribution in [2.24, 2.45) is 0 Å². The van der Waals surface area contributed by atoms with Crippen molar-refractivity contribution in [3.8, 4) is 0 Å². The highest BCUT2D eigenvalue weighted by Crippen LogP contribution is 2.33. The van der Waals surface area contributed by atoms with Crippen LogP contribution < -0.4 is 0 Å². The first-order chi connectivity index (χ1) is 8.21. The van der Waals surface area contributed by atoms with Gasteiger partial charge in [0.2, 0.25) is 0 Å². The number of benzene rings is 1. The average molecular weight is 265 g/mol. The Morgan fingerprint density at radius 3 is 2.39 bits per heavy atom. The number of hydrogen-bond acceptors (Lipinski definition) is 2. The third-order valence-corrected chi connectivity index (χ3v) is 2.53. The van der Waals surface area contributed by atoms with E-state index in [4.69, 9.17) is 0 Å². The molecule has 1 aromatic rings. The SMILES string of the molecule is CN(C)CCC(O)c1ccc(F)c(C(F)(F)F)c1. The fraction of sp³-hybridized carbons (Fsp3) is 0.500. The minimum atomic E-state index is -4.75. The largest absolute Gasteiger partial charge is 0.419 e. The number of aliphatic hydroxyl groups is 1. The number of halogens is 4. The minimum Gasteiger partial charge on any atom is -0.388 e. The van der Waals surface area contributed by atoms with Gasteiger partial charge in [-0.2, -0.15) is 13.2 Å². The number of rotatable bonds is 4. The molecule has 1 unspecified atom stereocenters. The molecule has 0 aliphatic carbocycles. The lowest BCUT2D eigenvalue weighted by atomic mass is 10.0. The molecule has 1 aromatic carbocycles. The van der Waals surface area contributed by atoms with E-state index in [-0.39, 0.29) is 12.0 Å². The molecule has 2 nitrogen and oxygen atoms in total. The van der Waals surface area contributed by atoms with Crippen LogP contribution in [0.2, 0.25) is 0 Å². The molecule has 0 aliphatic heterocycles. The van der Waals surface area contributed by atoms with Gasteiger partial charge < -0.3 is 10.0 Å². The van der Waals surface area contributed by atoms with Gasteiger partial charge in [-0.15, -0.1) is 0 Å². The summed E-state index contributed by atoms with van der Waals surface area (Å²) in [7, 11) is 3.58. The fourth-order valence-electron chi connectivity index (χ4n) is 1.51. The maximum absolute atomic E-state index is 13.0. The second kappa shape index (κ2) is 5.67. The smallest absolute Gasteiger partial charge is 0.388 e. The lowest BCUT2D eigenvalue weighted by Gasteiger charge is -2.16. The van der Waals surface area contributed by atoms with Gasteiger partial charge in [0.05, 0.1) is 11.7 Å². The topological polar surface area (TPSA) is 23.5 Å². The van der Waals surface area contributed by atoms with Gasteiger partial charge in [-0.05, 0) is 38.2 Å². The molecular formula is C12H15F4NO. The Hall–Kier alpha value is -1.14. The van der Waals surface area contributed by atoms with Crippen LogP contribution in [0.4, 0.5) is 17.6 Å². The summed E-state index contributed by atoms with van der Waals surface area (Å²) in [5.74, 6) is -1.33. The summed E-state index contributed by atoms with van der Waals surface area (Å²) >= 11 is 0. The Bertz CT molecular complexity index is 404. The van der Waals surface area contributed by atoms with Crippen LogP contribution in [-0.2, 0) is 6.18 Å². The number of hydrogen-bond donors (Lipinski definition) is 1. The number of nitrogens with zero attached hydrogens (tertiary/aromatic N) is 1. The summed E-state index contributed by atoms with van der Waals surface area (Å²) in [6.07, 6.45) is -5.49. The van der Waals surface area contributed by atoms with Crippen LogP contribution in [-0.4, -0.2) is 30.6 Å². The van der Waals surface area contributed by atoms with Gasteiger partial charge in [-0.3, -0.25) is 0 Å². The highest BCUT2D eigenvalue weighted by atomic mass is 19.4. The molecule has 18 heavy (non-hydrogen) atoms. The normalized spacial score (nSPS) is 14.0. The fourth-order valence-corrected chi connectivity index (χ4v) is 1.51. The first-order valence-corrected chi connectivity index (χ1v) is 5.41. The Labute approximate surface area is 103 Å². The monoisotopic (exact) mass is 265 g/mol. The maximum atomic E-state index is 13.0. The maximum Gasteiger partial charge on any atom is 0.419 e. The predicted molar refractivity (Wildman–Crippen MR) is 59.5 cm³/mol. The molecule has 1 atom stereocenters. The molecule has 0 saturated heterocycles. The van der Waals surface area contributed by atoms with Crippen LogP contribution in [0, 0.1) is 5.82 Å². The summed E-state index contributed by atoms with van der Waals surface area (Å²) in [6.45, 7) is 0.528. The molecule has 0 fully saturated rings. The van der Waals surface area contributed by atoms with Gasteiger partial charge in [0, 0.05) is 6.54 Å². The van der Waals surface area contributed by atoms with Crippen LogP contribution >= 0.6 is 0 Å². The van der Waals surface area contributed by atoms with E-state index in [1.807, 2.05) is 0 Å². The van der Waals surface area contributed by atoms with E-state index >= 15 is 0 Å². The zero-order valence-electron chi connectivity index (χ0n) is 10.1. The Morgan fingerprint density at radius 2 is 1.89 bits per heavy atom. The number of aliphatic hydroxyl groups excluding tert-OH is 1. The third kappa shape index (κ3) is 3.96. The van der Waals surface area contributed by atoms with E-state index in [2.05, 4.69) is 0 Å². The molecule has 6 heteroatoms. The van der Waals surface area contributed by atoms with Crippen molar-refractivity contribution in [1.82, 2.24) is 4.90 Å². The molecule has 0 saturated carbocycles. The standard InChI is InChI=1S/C12H15F4NO/c1-17(2)6-5-11(18)8-3-4-10(13)9(7-8)12(14,15)16/h3-4,7,11,18H,5-6H2,1-2H3. The van der Waals surface area contributed by atoms with Gasteiger partial charge in [-0.1, -0.05) is 6.07 Å². The van der Waals surface area contributed by atoms with Gasteiger partial charge in [0.25, 0.3) is 0 Å². The van der Waals surface area contributed by atoms with Crippen LogP contribution in [0.1, 0.15) is 23.7 Å². The average Bonchev–Trinajstić information content (AvgIpc) is 2.24. The lowest BCUT2D eigenvalue weighted by Crippen LogP contribution is -2.16. The van der Waals surface area contributed by atoms with Crippen LogP contribution in [0.5, 0.6) is 0 Å². The third-order valence-electron chi connectivity index (χ3n) is 2.53. The highest BCUT2D eigenvalue weighted by Gasteiger charge is 2.34. The van der Waals surface area contributed by atoms with Crippen molar-refractivity contribution in [1.29, 1.82) is 0 Å². The van der Waals surface area contributed by atoms with Crippen molar-refractivity contribution in [2.45, 2.75) is 18.7 Å². The zero-order valence-corrected chi connectivity index (χ0v) is 10.1. The molecule has 0 heterocycles. The van der Waals surface area contributed by atoms with E-state index in [1.165, 1.54) is 6.07 Å². The minimum absolute atomic E-state index is 0.0746. The van der Waals surface area contributed by atoms with Gasteiger partial charge >= 0.3 is 6.18 Å². The molecule has 0 radical (unpaired) electrons. The summed E-state index contributed by atoms with van der Waals surface area (Å²) in [5, 5.41) is 9.73. The molecule has 0 spiro atoms. The first-order valence-electron chi connectivity index (χ1n) is 5.41. The van der Waals surface area contributed by atoms with E-state index in [0.717, 1.165) is 6.07 Å². The van der Waals surface area contributed by atoms with Crippen LogP contribution in [0.15, 0.2) is 18.2 Å². The van der Waals surface area contributed by atoms with Gasteiger partial charge in [-0.25, -0.2) is 4.39 Å². The van der Waals surface area contributed by atoms with Crippen LogP contribution in [0.25, 0.3) is 0 Å². The van der Waals surface area contributed by atoms with E-state index < -0.39 is 23.7 Å². The van der Waals surface area contributed by atoms with Crippen molar-refractivity contribution in [3.63, 3.8) is 0 Å². The summed E-state index contributed by atoms with van der Waals surface area (Å²) in [6, 6.07) is 2.57. The summed E-state index contributed by atoms with van der Waals surface area (Å²) in [4.78, 5) is 1.80. The quantitative estimate of drug-likeness (QED) is 0.846. The molecule has 1 rings (SSSR count). The Balaban J connectivity index is 2.91. The summed E-state index contributed by atoms with van der Waals surface area (Å²) in [5.41, 5.74) is -1.27. The second-order valence-corrected chi connectivity index (χ2v) is 4.34. The van der Waals surface area contributed by atoms with E-state index in [1.54, 1.807) is 19.0 Å². The molecule has 0 aliphatic rings. The van der Waals surface area contributed by atoms with Crippen LogP contribution in [0.3, 0.4) is 0 Å². The molecular weight excluding hydrogens is 250 g/mol. The predicted octanol–water partition coefficient (Wildman–Crippen LogP) is 2.83. The zero-order chi connectivity index (χ0) is 13.9. The molecule has 0 bridgehead atoms. The van der Waals surface area contributed by atoms with E-state index in [0.29, 0.717) is 12.6 Å². The lowest BCUT2D eigenvalue weighted by molar-refractivity contribution is -0.140. The van der Waals surface area contributed by atoms with Gasteiger partial charge in [0.15, 0.2) is 0 Å².